The van der Waals surface area contributed by atoms with E-state index in [0.717, 1.165) is 16.3 Å². The molecule has 0 unspecified atom stereocenters. The number of nitrogens with zero attached hydrogens (tertiary/aromatic N) is 1. The normalized spacial score (nSPS) is 11.8. The van der Waals surface area contributed by atoms with Gasteiger partial charge >= 0.3 is 0 Å². The molecule has 4 heteroatoms. The van der Waals surface area contributed by atoms with Crippen molar-refractivity contribution in [2.75, 3.05) is 5.75 Å². The van der Waals surface area contributed by atoms with E-state index in [1.807, 2.05) is 11.8 Å². The summed E-state index contributed by atoms with van der Waals surface area (Å²) in [6, 6.07) is 2.06. The Kier molecular flexibility index (Phi) is 6.53. The van der Waals surface area contributed by atoms with Crippen molar-refractivity contribution in [1.29, 1.82) is 0 Å². The van der Waals surface area contributed by atoms with E-state index in [4.69, 9.17) is 0 Å². The number of unbranched alkanes of at least 4 members (excludes halogenated alkanes) is 1. The minimum atomic E-state index is 0.0145. The van der Waals surface area contributed by atoms with Crippen molar-refractivity contribution in [1.82, 2.24) is 4.98 Å². The van der Waals surface area contributed by atoms with Gasteiger partial charge in [-0.15, -0.1) is 23.5 Å². The molecule has 0 aliphatic carbocycles. The molecule has 2 nitrogen and oxygen atoms in total. The first-order chi connectivity index (χ1) is 8.48. The number of hydrogen-bond acceptors (Lipinski definition) is 4. The predicted octanol–water partition coefficient (Wildman–Crippen LogP) is 4.36. The molecule has 102 valence electrons. The smallest absolute Gasteiger partial charge is 0.0864 e. The molecule has 0 spiro atoms. The van der Waals surface area contributed by atoms with Gasteiger partial charge in [0.1, 0.15) is 0 Å². The Morgan fingerprint density at radius 1 is 1.33 bits per heavy atom. The van der Waals surface area contributed by atoms with Crippen molar-refractivity contribution >= 4 is 23.5 Å². The zero-order valence-electron chi connectivity index (χ0n) is 11.7. The highest BCUT2D eigenvalue weighted by Crippen LogP contribution is 2.40. The van der Waals surface area contributed by atoms with Gasteiger partial charge in [0.15, 0.2) is 0 Å². The van der Waals surface area contributed by atoms with Crippen LogP contribution < -0.4 is 0 Å². The van der Waals surface area contributed by atoms with Gasteiger partial charge in [-0.25, -0.2) is 0 Å². The lowest BCUT2D eigenvalue weighted by Gasteiger charge is -2.21. The topological polar surface area (TPSA) is 33.1 Å². The van der Waals surface area contributed by atoms with Gasteiger partial charge in [0, 0.05) is 20.7 Å². The molecule has 1 N–H and O–H groups in total. The molecule has 0 radical (unpaired) electrons. The van der Waals surface area contributed by atoms with Gasteiger partial charge in [0.05, 0.1) is 12.3 Å². The Morgan fingerprint density at radius 2 is 2.06 bits per heavy atom. The molecule has 18 heavy (non-hydrogen) atoms. The van der Waals surface area contributed by atoms with E-state index in [1.54, 1.807) is 18.0 Å². The maximum atomic E-state index is 9.43. The lowest BCUT2D eigenvalue weighted by Crippen LogP contribution is -2.09. The fourth-order valence-electron chi connectivity index (χ4n) is 1.44. The molecule has 1 rings (SSSR count). The molecular formula is C14H23NOS2. The molecule has 0 atom stereocenters. The second-order valence-electron chi connectivity index (χ2n) is 5.16. The molecule has 0 amide bonds. The Labute approximate surface area is 119 Å². The third kappa shape index (κ3) is 5.21. The quantitative estimate of drug-likeness (QED) is 0.622. The molecule has 1 aromatic heterocycles. The van der Waals surface area contributed by atoms with Crippen LogP contribution in [-0.4, -0.2) is 20.6 Å². The highest BCUT2D eigenvalue weighted by molar-refractivity contribution is 8.03. The number of aromatic nitrogens is 1. The second kappa shape index (κ2) is 7.41. The zero-order valence-corrected chi connectivity index (χ0v) is 13.3. The summed E-state index contributed by atoms with van der Waals surface area (Å²) in [5.41, 5.74) is 0.802. The van der Waals surface area contributed by atoms with Crippen LogP contribution in [-0.2, 0) is 6.61 Å². The first kappa shape index (κ1) is 15.9. The van der Waals surface area contributed by atoms with Crippen molar-refractivity contribution in [2.45, 2.75) is 61.7 Å². The van der Waals surface area contributed by atoms with Gasteiger partial charge in [0.25, 0.3) is 0 Å². The molecular weight excluding hydrogens is 262 g/mol. The monoisotopic (exact) mass is 285 g/mol. The van der Waals surface area contributed by atoms with E-state index in [0.29, 0.717) is 0 Å². The summed E-state index contributed by atoms with van der Waals surface area (Å²) in [5.74, 6) is 1.13. The van der Waals surface area contributed by atoms with Crippen LogP contribution in [0.5, 0.6) is 0 Å². The fraction of sp³-hybridized carbons (Fsp3) is 0.643. The highest BCUT2D eigenvalue weighted by Gasteiger charge is 2.18. The van der Waals surface area contributed by atoms with Crippen LogP contribution in [0.3, 0.4) is 0 Å². The summed E-state index contributed by atoms with van der Waals surface area (Å²) in [4.78, 5) is 6.69. The molecule has 0 aliphatic rings. The summed E-state index contributed by atoms with van der Waals surface area (Å²) in [6.45, 7) is 8.78. The Balaban J connectivity index is 2.93. The third-order valence-electron chi connectivity index (χ3n) is 2.26. The minimum Gasteiger partial charge on any atom is -0.390 e. The highest BCUT2D eigenvalue weighted by atomic mass is 32.2. The van der Waals surface area contributed by atoms with Gasteiger partial charge in [-0.3, -0.25) is 4.98 Å². The van der Waals surface area contributed by atoms with Crippen LogP contribution >= 0.6 is 23.5 Å². The van der Waals surface area contributed by atoms with Crippen LogP contribution in [0.2, 0.25) is 0 Å². The SMILES string of the molecule is CCCCSc1ccnc(CO)c1SC(C)(C)C. The van der Waals surface area contributed by atoms with Crippen LogP contribution in [0.1, 0.15) is 46.2 Å². The molecule has 1 heterocycles. The van der Waals surface area contributed by atoms with Crippen LogP contribution in [0.15, 0.2) is 22.1 Å². The maximum Gasteiger partial charge on any atom is 0.0864 e. The van der Waals surface area contributed by atoms with Gasteiger partial charge in [-0.1, -0.05) is 34.1 Å². The lowest BCUT2D eigenvalue weighted by atomic mass is 10.3. The number of hydrogen-bond donors (Lipinski definition) is 1. The number of aliphatic hydroxyl groups is 1. The molecule has 0 fully saturated rings. The van der Waals surface area contributed by atoms with Crippen molar-refractivity contribution in [2.24, 2.45) is 0 Å². The van der Waals surface area contributed by atoms with Gasteiger partial charge in [-0.2, -0.15) is 0 Å². The van der Waals surface area contributed by atoms with Crippen molar-refractivity contribution in [3.05, 3.63) is 18.0 Å². The van der Waals surface area contributed by atoms with E-state index in [1.165, 1.54) is 17.7 Å². The first-order valence-electron chi connectivity index (χ1n) is 6.38. The van der Waals surface area contributed by atoms with Crippen LogP contribution in [0.4, 0.5) is 0 Å². The second-order valence-corrected chi connectivity index (χ2v) is 8.13. The lowest BCUT2D eigenvalue weighted by molar-refractivity contribution is 0.273. The first-order valence-corrected chi connectivity index (χ1v) is 8.18. The van der Waals surface area contributed by atoms with E-state index < -0.39 is 0 Å². The standard InChI is InChI=1S/C14H23NOS2/c1-5-6-9-17-12-7-8-15-11(10-16)13(12)18-14(2,3)4/h7-8,16H,5-6,9-10H2,1-4H3. The number of thioether (sulfide) groups is 2. The third-order valence-corrected chi connectivity index (χ3v) is 4.80. The van der Waals surface area contributed by atoms with Crippen molar-refractivity contribution in [3.8, 4) is 0 Å². The summed E-state index contributed by atoms with van der Waals surface area (Å²) < 4.78 is 0.132. The van der Waals surface area contributed by atoms with Crippen molar-refractivity contribution in [3.63, 3.8) is 0 Å². The predicted molar refractivity (Wildman–Crippen MR) is 81.4 cm³/mol. The summed E-state index contributed by atoms with van der Waals surface area (Å²) in [6.07, 6.45) is 4.24. The van der Waals surface area contributed by atoms with Crippen molar-refractivity contribution < 1.29 is 5.11 Å². The Bertz CT molecular complexity index is 375. The van der Waals surface area contributed by atoms with E-state index >= 15 is 0 Å². The molecule has 0 bridgehead atoms. The van der Waals surface area contributed by atoms with Crippen LogP contribution in [0, 0.1) is 0 Å². The van der Waals surface area contributed by atoms with E-state index in [9.17, 15) is 5.11 Å². The van der Waals surface area contributed by atoms with Gasteiger partial charge in [0.2, 0.25) is 0 Å². The number of aliphatic hydroxyl groups excluding tert-OH is 1. The van der Waals surface area contributed by atoms with E-state index in [2.05, 4.69) is 38.7 Å². The molecule has 0 aliphatic heterocycles. The summed E-state index contributed by atoms with van der Waals surface area (Å²) in [7, 11) is 0. The maximum absolute atomic E-state index is 9.43. The summed E-state index contributed by atoms with van der Waals surface area (Å²) >= 11 is 3.66. The molecule has 0 saturated carbocycles. The Hall–Kier alpha value is -0.190. The zero-order chi connectivity index (χ0) is 13.6. The fourth-order valence-corrected chi connectivity index (χ4v) is 3.82. The minimum absolute atomic E-state index is 0.0145. The Morgan fingerprint density at radius 3 is 2.61 bits per heavy atom. The average Bonchev–Trinajstić information content (AvgIpc) is 2.29. The number of pyridine rings is 1. The summed E-state index contributed by atoms with van der Waals surface area (Å²) in [5, 5.41) is 9.43. The van der Waals surface area contributed by atoms with Gasteiger partial charge in [-0.05, 0) is 18.2 Å². The van der Waals surface area contributed by atoms with Crippen LogP contribution in [0.25, 0.3) is 0 Å². The molecule has 0 saturated heterocycles. The molecule has 1 aromatic rings. The van der Waals surface area contributed by atoms with E-state index in [-0.39, 0.29) is 11.4 Å². The van der Waals surface area contributed by atoms with Gasteiger partial charge < -0.3 is 5.11 Å². The molecule has 0 aromatic carbocycles. The largest absolute Gasteiger partial charge is 0.390 e. The average molecular weight is 285 g/mol. The number of rotatable bonds is 6.